The van der Waals surface area contributed by atoms with Crippen LogP contribution in [0.4, 0.5) is 0 Å². The number of Topliss-reactive ketones (excluding diaryl/α,β-unsaturated/α-hetero) is 1. The molecule has 28 heavy (non-hydrogen) atoms. The molecule has 0 saturated carbocycles. The maximum Gasteiger partial charge on any atom is 0.338 e. The van der Waals surface area contributed by atoms with Crippen LogP contribution in [0, 0.1) is 13.8 Å². The molecule has 3 rings (SSSR count). The molecule has 5 nitrogen and oxygen atoms in total. The molecule has 144 valence electrons. The molecule has 0 aliphatic carbocycles. The topological polar surface area (TPSA) is 68.5 Å². The van der Waals surface area contributed by atoms with E-state index in [0.717, 1.165) is 21.5 Å². The third kappa shape index (κ3) is 4.24. The quantitative estimate of drug-likeness (QED) is 0.454. The van der Waals surface area contributed by atoms with Crippen molar-refractivity contribution in [3.8, 4) is 5.69 Å². The molecule has 6 heteroatoms. The highest BCUT2D eigenvalue weighted by atomic mass is 79.9. The van der Waals surface area contributed by atoms with E-state index in [1.165, 1.54) is 0 Å². The number of ketones is 1. The van der Waals surface area contributed by atoms with Gasteiger partial charge in [0.05, 0.1) is 12.2 Å². The number of hydrogen-bond donors (Lipinski definition) is 1. The first-order chi connectivity index (χ1) is 13.4. The summed E-state index contributed by atoms with van der Waals surface area (Å²) < 4.78 is 8.15. The van der Waals surface area contributed by atoms with E-state index in [0.29, 0.717) is 16.7 Å². The van der Waals surface area contributed by atoms with Crippen molar-refractivity contribution in [2.45, 2.75) is 20.5 Å². The van der Waals surface area contributed by atoms with Gasteiger partial charge in [-0.2, -0.15) is 0 Å². The van der Waals surface area contributed by atoms with E-state index < -0.39 is 5.97 Å². The number of hydrogen-bond acceptors (Lipinski definition) is 4. The van der Waals surface area contributed by atoms with Gasteiger partial charge in [-0.05, 0) is 61.9 Å². The first-order valence-electron chi connectivity index (χ1n) is 8.75. The summed E-state index contributed by atoms with van der Waals surface area (Å²) in [7, 11) is 0. The molecule has 1 N–H and O–H groups in total. The number of halogens is 1. The highest BCUT2D eigenvalue weighted by Crippen LogP contribution is 2.23. The number of ether oxygens (including phenoxy) is 1. The van der Waals surface area contributed by atoms with Crippen LogP contribution in [0.2, 0.25) is 0 Å². The summed E-state index contributed by atoms with van der Waals surface area (Å²) in [6.45, 7) is 3.38. The number of benzene rings is 2. The van der Waals surface area contributed by atoms with Gasteiger partial charge in [-0.1, -0.05) is 28.1 Å². The van der Waals surface area contributed by atoms with Crippen LogP contribution in [0.15, 0.2) is 59.1 Å². The lowest BCUT2D eigenvalue weighted by Crippen LogP contribution is -2.15. The summed E-state index contributed by atoms with van der Waals surface area (Å²) in [5.41, 5.74) is 4.25. The Hall–Kier alpha value is -2.70. The van der Waals surface area contributed by atoms with Crippen LogP contribution >= 0.6 is 15.9 Å². The molecule has 0 radical (unpaired) electrons. The number of aliphatic hydroxyl groups is 1. The summed E-state index contributed by atoms with van der Waals surface area (Å²) in [6.07, 6.45) is 0. The third-order valence-electron chi connectivity index (χ3n) is 4.52. The Kier molecular flexibility index (Phi) is 6.11. The lowest BCUT2D eigenvalue weighted by Gasteiger charge is -2.10. The summed E-state index contributed by atoms with van der Waals surface area (Å²) in [5.74, 6) is -0.823. The zero-order valence-electron chi connectivity index (χ0n) is 15.6. The largest absolute Gasteiger partial charge is 0.454 e. The van der Waals surface area contributed by atoms with Gasteiger partial charge in [0.2, 0.25) is 5.78 Å². The van der Waals surface area contributed by atoms with Crippen molar-refractivity contribution in [2.75, 3.05) is 6.61 Å². The fourth-order valence-electron chi connectivity index (χ4n) is 3.07. The number of esters is 1. The maximum absolute atomic E-state index is 12.6. The van der Waals surface area contributed by atoms with Crippen LogP contribution in [0.1, 0.15) is 37.7 Å². The molecule has 0 atom stereocenters. The Labute approximate surface area is 171 Å². The highest BCUT2D eigenvalue weighted by molar-refractivity contribution is 9.10. The molecule has 0 unspecified atom stereocenters. The first-order valence-corrected chi connectivity index (χ1v) is 9.55. The van der Waals surface area contributed by atoms with E-state index in [-0.39, 0.29) is 19.0 Å². The lowest BCUT2D eigenvalue weighted by atomic mass is 10.1. The van der Waals surface area contributed by atoms with E-state index in [9.17, 15) is 9.59 Å². The Morgan fingerprint density at radius 1 is 1.04 bits per heavy atom. The van der Waals surface area contributed by atoms with Gasteiger partial charge in [0, 0.05) is 27.1 Å². The van der Waals surface area contributed by atoms with Crippen LogP contribution in [-0.4, -0.2) is 28.0 Å². The summed E-state index contributed by atoms with van der Waals surface area (Å²) >= 11 is 3.42. The van der Waals surface area contributed by atoms with E-state index in [1.807, 2.05) is 48.7 Å². The smallest absolute Gasteiger partial charge is 0.338 e. The Bertz CT molecular complexity index is 1000. The minimum Gasteiger partial charge on any atom is -0.454 e. The van der Waals surface area contributed by atoms with Gasteiger partial charge in [-0.3, -0.25) is 4.79 Å². The van der Waals surface area contributed by atoms with E-state index in [4.69, 9.17) is 9.84 Å². The Morgan fingerprint density at radius 3 is 2.29 bits per heavy atom. The van der Waals surface area contributed by atoms with Crippen LogP contribution in [-0.2, 0) is 11.3 Å². The van der Waals surface area contributed by atoms with Crippen LogP contribution in [0.3, 0.4) is 0 Å². The number of aliphatic hydroxyl groups excluding tert-OH is 1. The molecule has 0 spiro atoms. The second-order valence-corrected chi connectivity index (χ2v) is 7.37. The summed E-state index contributed by atoms with van der Waals surface area (Å²) in [6, 6.07) is 16.1. The number of carbonyl (C=O) groups is 2. The summed E-state index contributed by atoms with van der Waals surface area (Å²) in [5, 5.41) is 9.05. The van der Waals surface area contributed by atoms with Gasteiger partial charge in [-0.25, -0.2) is 4.79 Å². The zero-order valence-corrected chi connectivity index (χ0v) is 17.2. The van der Waals surface area contributed by atoms with Gasteiger partial charge in [0.1, 0.15) is 0 Å². The van der Waals surface area contributed by atoms with E-state index in [1.54, 1.807) is 24.3 Å². The van der Waals surface area contributed by atoms with Crippen molar-refractivity contribution in [1.29, 1.82) is 0 Å². The normalized spacial score (nSPS) is 10.7. The summed E-state index contributed by atoms with van der Waals surface area (Å²) in [4.78, 5) is 24.8. The number of aromatic nitrogens is 1. The second-order valence-electron chi connectivity index (χ2n) is 6.45. The fraction of sp³-hybridized carbons (Fsp3) is 0.182. The molecule has 1 heterocycles. The molecule has 3 aromatic rings. The molecule has 0 fully saturated rings. The lowest BCUT2D eigenvalue weighted by molar-refractivity contribution is 0.0474. The molecule has 0 aliphatic rings. The van der Waals surface area contributed by atoms with Gasteiger partial charge in [-0.15, -0.1) is 0 Å². The molecule has 0 amide bonds. The van der Waals surface area contributed by atoms with Crippen molar-refractivity contribution < 1.29 is 19.4 Å². The van der Waals surface area contributed by atoms with Crippen molar-refractivity contribution in [3.63, 3.8) is 0 Å². The SMILES string of the molecule is Cc1cc(C(=O)COC(=O)c2ccc(CO)cc2)c(C)n1-c1ccc(Br)cc1. The van der Waals surface area contributed by atoms with Crippen LogP contribution < -0.4 is 0 Å². The Morgan fingerprint density at radius 2 is 1.68 bits per heavy atom. The predicted octanol–water partition coefficient (Wildman–Crippen LogP) is 4.39. The number of carbonyl (C=O) groups excluding carboxylic acids is 2. The monoisotopic (exact) mass is 441 g/mol. The highest BCUT2D eigenvalue weighted by Gasteiger charge is 2.18. The third-order valence-corrected chi connectivity index (χ3v) is 5.05. The predicted molar refractivity (Wildman–Crippen MR) is 110 cm³/mol. The number of nitrogens with zero attached hydrogens (tertiary/aromatic N) is 1. The van der Waals surface area contributed by atoms with Gasteiger partial charge in [0.15, 0.2) is 6.61 Å². The van der Waals surface area contributed by atoms with Crippen molar-refractivity contribution in [3.05, 3.63) is 87.1 Å². The van der Waals surface area contributed by atoms with Gasteiger partial charge < -0.3 is 14.4 Å². The minimum absolute atomic E-state index is 0.0954. The Balaban J connectivity index is 1.73. The average molecular weight is 442 g/mol. The molecule has 0 bridgehead atoms. The molecule has 1 aromatic heterocycles. The van der Waals surface area contributed by atoms with Gasteiger partial charge in [0.25, 0.3) is 0 Å². The van der Waals surface area contributed by atoms with Crippen LogP contribution in [0.25, 0.3) is 5.69 Å². The van der Waals surface area contributed by atoms with Crippen molar-refractivity contribution in [2.24, 2.45) is 0 Å². The van der Waals surface area contributed by atoms with E-state index in [2.05, 4.69) is 15.9 Å². The number of aryl methyl sites for hydroxylation is 1. The second kappa shape index (κ2) is 8.54. The van der Waals surface area contributed by atoms with Gasteiger partial charge >= 0.3 is 5.97 Å². The molecule has 0 saturated heterocycles. The average Bonchev–Trinajstić information content (AvgIpc) is 3.01. The molecular formula is C22H20BrNO4. The zero-order chi connectivity index (χ0) is 20.3. The first kappa shape index (κ1) is 20.0. The van der Waals surface area contributed by atoms with Crippen molar-refractivity contribution in [1.82, 2.24) is 4.57 Å². The maximum atomic E-state index is 12.6. The molecule has 2 aromatic carbocycles. The van der Waals surface area contributed by atoms with Crippen molar-refractivity contribution >= 4 is 27.7 Å². The minimum atomic E-state index is -0.570. The number of rotatable bonds is 6. The fourth-order valence-corrected chi connectivity index (χ4v) is 3.34. The molecular weight excluding hydrogens is 422 g/mol. The molecule has 0 aliphatic heterocycles. The van der Waals surface area contributed by atoms with Crippen LogP contribution in [0.5, 0.6) is 0 Å². The van der Waals surface area contributed by atoms with E-state index >= 15 is 0 Å². The standard InChI is InChI=1S/C22H20BrNO4/c1-14-11-20(15(2)24(14)19-9-7-18(23)8-10-19)21(26)13-28-22(27)17-5-3-16(12-25)4-6-17/h3-11,25H,12-13H2,1-2H3.